The van der Waals surface area contributed by atoms with Crippen LogP contribution in [0, 0.1) is 0 Å². The number of benzene rings is 1. The molecule has 9 nitrogen and oxygen atoms in total. The molecule has 5 rings (SSSR count). The summed E-state index contributed by atoms with van der Waals surface area (Å²) >= 11 is 0. The van der Waals surface area contributed by atoms with Gasteiger partial charge in [0.25, 0.3) is 0 Å². The van der Waals surface area contributed by atoms with Gasteiger partial charge in [-0.2, -0.15) is 9.97 Å². The van der Waals surface area contributed by atoms with Crippen LogP contribution in [-0.4, -0.2) is 78.7 Å². The number of ether oxygens (including phenoxy) is 2. The Hall–Kier alpha value is -3.17. The number of nitrogens with zero attached hydrogens (tertiary/aromatic N) is 4. The fraction of sp³-hybridized carbons (Fsp3) is 0.435. The van der Waals surface area contributed by atoms with E-state index < -0.39 is 0 Å². The molecular formula is C23H28N6O3. The Bertz CT molecular complexity index is 1070. The molecule has 2 aliphatic rings. The number of fused-ring (bicyclic) bond motifs is 1. The first-order valence-corrected chi connectivity index (χ1v) is 11.1. The Morgan fingerprint density at radius 2 is 1.88 bits per heavy atom. The van der Waals surface area contributed by atoms with Gasteiger partial charge in [-0.25, -0.2) is 0 Å². The topological polar surface area (TPSA) is 95.6 Å². The summed E-state index contributed by atoms with van der Waals surface area (Å²) in [6.45, 7) is 5.53. The second-order valence-corrected chi connectivity index (χ2v) is 8.33. The van der Waals surface area contributed by atoms with Crippen molar-refractivity contribution in [1.82, 2.24) is 19.9 Å². The lowest BCUT2D eigenvalue weighted by Crippen LogP contribution is -2.44. The Kier molecular flexibility index (Phi) is 5.91. The van der Waals surface area contributed by atoms with Crippen LogP contribution in [0.4, 0.5) is 17.3 Å². The first-order valence-electron chi connectivity index (χ1n) is 11.1. The van der Waals surface area contributed by atoms with Crippen LogP contribution in [0.1, 0.15) is 23.2 Å². The zero-order chi connectivity index (χ0) is 21.9. The third-order valence-electron chi connectivity index (χ3n) is 6.09. The number of aromatic nitrogens is 3. The molecule has 0 bridgehead atoms. The molecule has 0 radical (unpaired) electrons. The molecule has 0 atom stereocenters. The normalized spacial score (nSPS) is 18.1. The summed E-state index contributed by atoms with van der Waals surface area (Å²) in [7, 11) is 2.16. The van der Waals surface area contributed by atoms with E-state index in [1.807, 2.05) is 12.1 Å². The molecule has 3 aromatic rings. The van der Waals surface area contributed by atoms with Crippen molar-refractivity contribution in [3.8, 4) is 5.88 Å². The minimum atomic E-state index is 0.00646. The maximum atomic E-state index is 11.5. The van der Waals surface area contributed by atoms with Gasteiger partial charge in [0.05, 0.1) is 18.6 Å². The summed E-state index contributed by atoms with van der Waals surface area (Å²) in [5.41, 5.74) is 3.16. The predicted molar refractivity (Wildman–Crippen MR) is 123 cm³/mol. The third-order valence-corrected chi connectivity index (χ3v) is 6.09. The molecule has 2 saturated heterocycles. The lowest BCUT2D eigenvalue weighted by atomic mass is 10.1. The number of anilines is 3. The number of H-pyrrole nitrogens is 1. The van der Waals surface area contributed by atoms with Gasteiger partial charge in [-0.05, 0) is 31.3 Å². The summed E-state index contributed by atoms with van der Waals surface area (Å²) in [4.78, 5) is 28.5. The highest BCUT2D eigenvalue weighted by atomic mass is 16.5. The van der Waals surface area contributed by atoms with E-state index in [1.165, 1.54) is 5.69 Å². The molecule has 0 saturated carbocycles. The van der Waals surface area contributed by atoms with Crippen molar-refractivity contribution in [2.45, 2.75) is 18.9 Å². The van der Waals surface area contributed by atoms with Crippen LogP contribution in [-0.2, 0) is 4.74 Å². The molecule has 2 aromatic heterocycles. The maximum Gasteiger partial charge on any atom is 0.232 e. The minimum absolute atomic E-state index is 0.00646. The zero-order valence-electron chi connectivity index (χ0n) is 18.2. The van der Waals surface area contributed by atoms with Crippen molar-refractivity contribution < 1.29 is 14.3 Å². The number of likely N-dealkylation sites (N-methyl/N-ethyl adjacent to an activating group) is 1. The summed E-state index contributed by atoms with van der Waals surface area (Å²) in [6.07, 6.45) is 4.03. The van der Waals surface area contributed by atoms with Crippen molar-refractivity contribution in [1.29, 1.82) is 0 Å². The van der Waals surface area contributed by atoms with Gasteiger partial charge in [-0.1, -0.05) is 0 Å². The average Bonchev–Trinajstić information content (AvgIpc) is 3.24. The quantitative estimate of drug-likeness (QED) is 0.570. The number of hydrogen-bond donors (Lipinski definition) is 2. The minimum Gasteiger partial charge on any atom is -0.474 e. The number of rotatable bonds is 6. The lowest BCUT2D eigenvalue weighted by molar-refractivity contribution is 0.0244. The van der Waals surface area contributed by atoms with E-state index >= 15 is 0 Å². The van der Waals surface area contributed by atoms with E-state index in [9.17, 15) is 4.79 Å². The van der Waals surface area contributed by atoms with Gasteiger partial charge in [0.15, 0.2) is 6.29 Å². The second-order valence-electron chi connectivity index (χ2n) is 8.33. The molecule has 0 aliphatic carbocycles. The number of carbonyl (C=O) groups excluding carboxylic acids is 1. The predicted octanol–water partition coefficient (Wildman–Crippen LogP) is 2.82. The van der Waals surface area contributed by atoms with E-state index in [0.29, 0.717) is 41.6 Å². The van der Waals surface area contributed by atoms with Gasteiger partial charge in [0.1, 0.15) is 11.8 Å². The smallest absolute Gasteiger partial charge is 0.232 e. The zero-order valence-corrected chi connectivity index (χ0v) is 18.2. The SMILES string of the molecule is CN1CCN(c2ccc(Nc3nc(OC4CCOCC4)c4c(C=O)c[nH]c4n3)cc2)CC1. The first kappa shape index (κ1) is 20.7. The number of aromatic amines is 1. The summed E-state index contributed by atoms with van der Waals surface area (Å²) in [6, 6.07) is 8.30. The fourth-order valence-corrected chi connectivity index (χ4v) is 4.16. The van der Waals surface area contributed by atoms with Crippen molar-refractivity contribution in [2.75, 3.05) is 56.7 Å². The van der Waals surface area contributed by atoms with Crippen LogP contribution in [0.3, 0.4) is 0 Å². The van der Waals surface area contributed by atoms with Gasteiger partial charge < -0.3 is 29.6 Å². The molecule has 4 heterocycles. The number of piperazine rings is 1. The van der Waals surface area contributed by atoms with Crippen molar-refractivity contribution in [2.24, 2.45) is 0 Å². The van der Waals surface area contributed by atoms with Crippen LogP contribution < -0.4 is 15.0 Å². The van der Waals surface area contributed by atoms with Crippen LogP contribution in [0.5, 0.6) is 5.88 Å². The summed E-state index contributed by atoms with van der Waals surface area (Å²) in [5, 5.41) is 3.89. The molecule has 0 unspecified atom stereocenters. The Balaban J connectivity index is 1.37. The molecule has 0 amide bonds. The van der Waals surface area contributed by atoms with Crippen LogP contribution in [0.25, 0.3) is 11.0 Å². The third kappa shape index (κ3) is 4.39. The van der Waals surface area contributed by atoms with Crippen LogP contribution >= 0.6 is 0 Å². The Morgan fingerprint density at radius 1 is 1.12 bits per heavy atom. The van der Waals surface area contributed by atoms with Gasteiger partial charge >= 0.3 is 0 Å². The Morgan fingerprint density at radius 3 is 2.59 bits per heavy atom. The maximum absolute atomic E-state index is 11.5. The Labute approximate surface area is 186 Å². The van der Waals surface area contributed by atoms with Gasteiger partial charge in [0, 0.05) is 62.2 Å². The summed E-state index contributed by atoms with van der Waals surface area (Å²) in [5.74, 6) is 0.841. The highest BCUT2D eigenvalue weighted by molar-refractivity contribution is 5.99. The fourth-order valence-electron chi connectivity index (χ4n) is 4.16. The van der Waals surface area contributed by atoms with Gasteiger partial charge in [-0.3, -0.25) is 4.79 Å². The second kappa shape index (κ2) is 9.13. The molecule has 168 valence electrons. The first-order chi connectivity index (χ1) is 15.7. The molecule has 2 fully saturated rings. The van der Waals surface area contributed by atoms with Crippen LogP contribution in [0.2, 0.25) is 0 Å². The number of aldehydes is 1. The van der Waals surface area contributed by atoms with Crippen molar-refractivity contribution in [3.63, 3.8) is 0 Å². The molecule has 9 heteroatoms. The van der Waals surface area contributed by atoms with E-state index in [1.54, 1.807) is 6.20 Å². The standard InChI is InChI=1S/C23H28N6O3/c1-28-8-10-29(11-9-28)18-4-2-17(3-5-18)25-23-26-21-20(16(15-30)14-24-21)22(27-23)32-19-6-12-31-13-7-19/h2-5,14-15,19H,6-13H2,1H3,(H2,24,25,26,27). The van der Waals surface area contributed by atoms with E-state index in [0.717, 1.165) is 51.0 Å². The number of carbonyl (C=O) groups is 1. The van der Waals surface area contributed by atoms with E-state index in [2.05, 4.69) is 49.2 Å². The van der Waals surface area contributed by atoms with Gasteiger partial charge in [0.2, 0.25) is 11.8 Å². The molecule has 1 aromatic carbocycles. The lowest BCUT2D eigenvalue weighted by Gasteiger charge is -2.34. The largest absolute Gasteiger partial charge is 0.474 e. The highest BCUT2D eigenvalue weighted by Gasteiger charge is 2.21. The van der Waals surface area contributed by atoms with Crippen LogP contribution in [0.15, 0.2) is 30.5 Å². The molecule has 0 spiro atoms. The highest BCUT2D eigenvalue weighted by Crippen LogP contribution is 2.30. The average molecular weight is 437 g/mol. The molecule has 2 aliphatic heterocycles. The van der Waals surface area contributed by atoms with Crippen molar-refractivity contribution in [3.05, 3.63) is 36.0 Å². The number of nitrogens with one attached hydrogen (secondary N) is 2. The monoisotopic (exact) mass is 436 g/mol. The summed E-state index contributed by atoms with van der Waals surface area (Å²) < 4.78 is 11.6. The van der Waals surface area contributed by atoms with Gasteiger partial charge in [-0.15, -0.1) is 0 Å². The van der Waals surface area contributed by atoms with E-state index in [-0.39, 0.29) is 6.10 Å². The molecule has 2 N–H and O–H groups in total. The number of hydrogen-bond acceptors (Lipinski definition) is 8. The van der Waals surface area contributed by atoms with E-state index in [4.69, 9.17) is 9.47 Å². The molecule has 32 heavy (non-hydrogen) atoms. The molecular weight excluding hydrogens is 408 g/mol. The van der Waals surface area contributed by atoms with Crippen molar-refractivity contribution >= 4 is 34.6 Å².